The summed E-state index contributed by atoms with van der Waals surface area (Å²) >= 11 is 0. The zero-order valence-corrected chi connectivity index (χ0v) is 15.0. The van der Waals surface area contributed by atoms with E-state index in [9.17, 15) is 9.59 Å². The second-order valence-electron chi connectivity index (χ2n) is 7.49. The molecule has 5 rings (SSSR count). The molecule has 1 amide bonds. The Kier molecular flexibility index (Phi) is 4.89. The van der Waals surface area contributed by atoms with Gasteiger partial charge in [0.2, 0.25) is 5.91 Å². The van der Waals surface area contributed by atoms with Crippen molar-refractivity contribution >= 4 is 5.91 Å². The van der Waals surface area contributed by atoms with Crippen molar-refractivity contribution in [2.75, 3.05) is 19.6 Å². The van der Waals surface area contributed by atoms with E-state index < -0.39 is 0 Å². The van der Waals surface area contributed by atoms with Gasteiger partial charge in [0.05, 0.1) is 0 Å². The topological polar surface area (TPSA) is 45.6 Å². The lowest BCUT2D eigenvalue weighted by Gasteiger charge is -2.36. The van der Waals surface area contributed by atoms with Gasteiger partial charge in [0.25, 0.3) is 5.56 Å². The predicted octanol–water partition coefficient (Wildman–Crippen LogP) is 1.97. The molecule has 1 aromatic carbocycles. The molecule has 3 saturated heterocycles. The van der Waals surface area contributed by atoms with Gasteiger partial charge in [-0.15, -0.1) is 0 Å². The molecule has 0 unspecified atom stereocenters. The third-order valence-electron chi connectivity index (χ3n) is 5.56. The van der Waals surface area contributed by atoms with Crippen molar-refractivity contribution in [3.63, 3.8) is 0 Å². The fourth-order valence-corrected chi connectivity index (χ4v) is 4.28. The zero-order valence-electron chi connectivity index (χ0n) is 15.0. The second kappa shape index (κ2) is 7.46. The van der Waals surface area contributed by atoms with E-state index in [1.807, 2.05) is 11.0 Å². The maximum absolute atomic E-state index is 12.9. The van der Waals surface area contributed by atoms with Crippen LogP contribution in [0, 0.1) is 5.92 Å². The number of pyridine rings is 1. The largest absolute Gasteiger partial charge is 0.337 e. The van der Waals surface area contributed by atoms with Crippen molar-refractivity contribution in [1.29, 1.82) is 0 Å². The number of fused-ring (bicyclic) bond motifs is 4. The molecule has 0 aliphatic carbocycles. The normalized spacial score (nSPS) is 23.0. The van der Waals surface area contributed by atoms with Gasteiger partial charge in [0, 0.05) is 44.5 Å². The lowest BCUT2D eigenvalue weighted by molar-refractivity contribution is -0.136. The lowest BCUT2D eigenvalue weighted by atomic mass is 9.95. The monoisotopic (exact) mass is 351 g/mol. The highest BCUT2D eigenvalue weighted by atomic mass is 16.2. The van der Waals surface area contributed by atoms with E-state index >= 15 is 0 Å². The molecule has 0 spiro atoms. The summed E-state index contributed by atoms with van der Waals surface area (Å²) in [5, 5.41) is 0. The molecule has 5 nitrogen and oxygen atoms in total. The molecule has 3 aliphatic heterocycles. The summed E-state index contributed by atoms with van der Waals surface area (Å²) in [7, 11) is 0. The van der Waals surface area contributed by atoms with Crippen molar-refractivity contribution in [3.05, 3.63) is 70.6 Å². The fourth-order valence-electron chi connectivity index (χ4n) is 4.28. The first-order valence-corrected chi connectivity index (χ1v) is 9.40. The van der Waals surface area contributed by atoms with E-state index in [0.717, 1.165) is 32.6 Å². The number of piperidine rings is 1. The van der Waals surface area contributed by atoms with E-state index in [2.05, 4.69) is 29.2 Å². The van der Waals surface area contributed by atoms with Gasteiger partial charge in [-0.05, 0) is 30.4 Å². The number of benzene rings is 1. The molecule has 3 aliphatic rings. The second-order valence-corrected chi connectivity index (χ2v) is 7.49. The van der Waals surface area contributed by atoms with Crippen LogP contribution in [-0.4, -0.2) is 46.0 Å². The average molecular weight is 351 g/mol. The number of carbonyl (C=O) groups excluding carboxylic acids is 1. The molecule has 3 fully saturated rings. The summed E-state index contributed by atoms with van der Waals surface area (Å²) < 4.78 is 1.50. The molecular weight excluding hydrogens is 326 g/mol. The Balaban J connectivity index is 1.45. The molecule has 0 saturated carbocycles. The van der Waals surface area contributed by atoms with Crippen LogP contribution in [0.3, 0.4) is 0 Å². The molecule has 4 heterocycles. The van der Waals surface area contributed by atoms with Crippen LogP contribution in [0.25, 0.3) is 0 Å². The average Bonchev–Trinajstić information content (AvgIpc) is 2.95. The SMILES string of the molecule is O=C(Cn1ccccc1=O)N1C[C@H]2CC[C@@H]1CN(Cc1ccccc1)C2. The Morgan fingerprint density at radius 3 is 2.58 bits per heavy atom. The highest BCUT2D eigenvalue weighted by Gasteiger charge is 2.37. The number of hydrogen-bond donors (Lipinski definition) is 0. The molecule has 2 aromatic rings. The van der Waals surface area contributed by atoms with Crippen LogP contribution in [0.1, 0.15) is 18.4 Å². The summed E-state index contributed by atoms with van der Waals surface area (Å²) in [4.78, 5) is 29.3. The van der Waals surface area contributed by atoms with Gasteiger partial charge >= 0.3 is 0 Å². The molecule has 0 radical (unpaired) electrons. The maximum atomic E-state index is 12.9. The van der Waals surface area contributed by atoms with Crippen LogP contribution >= 0.6 is 0 Å². The zero-order chi connectivity index (χ0) is 17.9. The van der Waals surface area contributed by atoms with Crippen LogP contribution in [-0.2, 0) is 17.9 Å². The lowest BCUT2D eigenvalue weighted by Crippen LogP contribution is -2.49. The first-order valence-electron chi connectivity index (χ1n) is 9.40. The summed E-state index contributed by atoms with van der Waals surface area (Å²) in [6.07, 6.45) is 3.94. The van der Waals surface area contributed by atoms with Gasteiger partial charge in [-0.25, -0.2) is 0 Å². The first-order chi connectivity index (χ1) is 12.7. The number of aromatic nitrogens is 1. The van der Waals surface area contributed by atoms with E-state index in [4.69, 9.17) is 0 Å². The van der Waals surface area contributed by atoms with Crippen molar-refractivity contribution in [2.45, 2.75) is 32.0 Å². The Bertz CT molecular complexity index is 817. The molecule has 0 N–H and O–H groups in total. The van der Waals surface area contributed by atoms with Crippen LogP contribution in [0.2, 0.25) is 0 Å². The van der Waals surface area contributed by atoms with Gasteiger partial charge in [0.15, 0.2) is 0 Å². The molecule has 136 valence electrons. The minimum absolute atomic E-state index is 0.0644. The van der Waals surface area contributed by atoms with Crippen molar-refractivity contribution in [3.8, 4) is 0 Å². The van der Waals surface area contributed by atoms with Gasteiger partial charge in [-0.1, -0.05) is 36.4 Å². The summed E-state index contributed by atoms with van der Waals surface area (Å²) in [6.45, 7) is 3.85. The number of rotatable bonds is 4. The van der Waals surface area contributed by atoms with Crippen molar-refractivity contribution in [1.82, 2.24) is 14.4 Å². The van der Waals surface area contributed by atoms with Crippen LogP contribution < -0.4 is 5.56 Å². The Morgan fingerprint density at radius 1 is 0.962 bits per heavy atom. The van der Waals surface area contributed by atoms with Crippen molar-refractivity contribution < 1.29 is 4.79 Å². The number of hydrogen-bond acceptors (Lipinski definition) is 3. The van der Waals surface area contributed by atoms with Gasteiger partial charge in [0.1, 0.15) is 6.54 Å². The van der Waals surface area contributed by atoms with Gasteiger partial charge in [-0.2, -0.15) is 0 Å². The third-order valence-corrected chi connectivity index (χ3v) is 5.56. The minimum atomic E-state index is -0.119. The standard InChI is InChI=1S/C21H25N3O2/c25-20-8-4-5-11-23(20)16-21(26)24-14-18-9-10-19(24)15-22(13-18)12-17-6-2-1-3-7-17/h1-8,11,18-19H,9-10,12-16H2/t18-,19+/m0/s1. The van der Waals surface area contributed by atoms with E-state index in [1.54, 1.807) is 18.3 Å². The highest BCUT2D eigenvalue weighted by molar-refractivity contribution is 5.76. The Hall–Kier alpha value is -2.40. The maximum Gasteiger partial charge on any atom is 0.250 e. The van der Waals surface area contributed by atoms with E-state index in [1.165, 1.54) is 22.6 Å². The minimum Gasteiger partial charge on any atom is -0.337 e. The number of carbonyl (C=O) groups is 1. The summed E-state index contributed by atoms with van der Waals surface area (Å²) in [5.41, 5.74) is 1.20. The Labute approximate surface area is 153 Å². The highest BCUT2D eigenvalue weighted by Crippen LogP contribution is 2.29. The smallest absolute Gasteiger partial charge is 0.250 e. The first kappa shape index (κ1) is 17.0. The van der Waals surface area contributed by atoms with Crippen LogP contribution in [0.5, 0.6) is 0 Å². The number of amides is 1. The van der Waals surface area contributed by atoms with E-state index in [-0.39, 0.29) is 24.1 Å². The predicted molar refractivity (Wildman–Crippen MR) is 101 cm³/mol. The Morgan fingerprint density at radius 2 is 1.77 bits per heavy atom. The molecule has 26 heavy (non-hydrogen) atoms. The van der Waals surface area contributed by atoms with Crippen LogP contribution in [0.15, 0.2) is 59.5 Å². The molecule has 1 aromatic heterocycles. The summed E-state index contributed by atoms with van der Waals surface area (Å²) in [5.74, 6) is 0.587. The molecule has 5 heteroatoms. The quantitative estimate of drug-likeness (QED) is 0.846. The van der Waals surface area contributed by atoms with Crippen LogP contribution in [0.4, 0.5) is 0 Å². The van der Waals surface area contributed by atoms with E-state index in [0.29, 0.717) is 5.92 Å². The molecular formula is C21H25N3O2. The summed E-state index contributed by atoms with van der Waals surface area (Å²) in [6, 6.07) is 15.8. The molecule has 2 bridgehead atoms. The van der Waals surface area contributed by atoms with Gasteiger partial charge < -0.3 is 9.47 Å². The number of nitrogens with zero attached hydrogens (tertiary/aromatic N) is 3. The van der Waals surface area contributed by atoms with Crippen molar-refractivity contribution in [2.24, 2.45) is 5.92 Å². The fraction of sp³-hybridized carbons (Fsp3) is 0.429. The molecule has 2 atom stereocenters. The van der Waals surface area contributed by atoms with Gasteiger partial charge in [-0.3, -0.25) is 14.5 Å². The third kappa shape index (κ3) is 3.73.